The molecule has 0 radical (unpaired) electrons. The van der Waals surface area contributed by atoms with E-state index < -0.39 is 0 Å². The summed E-state index contributed by atoms with van der Waals surface area (Å²) in [6.07, 6.45) is 2.74. The van der Waals surface area contributed by atoms with Gasteiger partial charge in [-0.25, -0.2) is 0 Å². The summed E-state index contributed by atoms with van der Waals surface area (Å²) in [6.45, 7) is 5.80. The Morgan fingerprint density at radius 2 is 1.93 bits per heavy atom. The van der Waals surface area contributed by atoms with E-state index in [-0.39, 0.29) is 12.0 Å². The number of aryl methyl sites for hydroxylation is 2. The molecule has 1 amide bonds. The third kappa shape index (κ3) is 4.15. The molecule has 28 heavy (non-hydrogen) atoms. The van der Waals surface area contributed by atoms with Crippen molar-refractivity contribution < 1.29 is 9.53 Å². The number of carbonyl (C=O) groups excluding carboxylic acids is 1. The van der Waals surface area contributed by atoms with Crippen LogP contribution in [0.3, 0.4) is 0 Å². The van der Waals surface area contributed by atoms with Crippen molar-refractivity contribution >= 4 is 5.91 Å². The minimum atomic E-state index is -0.212. The summed E-state index contributed by atoms with van der Waals surface area (Å²) in [5.41, 5.74) is 6.20. The zero-order valence-corrected chi connectivity index (χ0v) is 16.3. The molecule has 1 atom stereocenters. The second-order valence-electron chi connectivity index (χ2n) is 7.42. The first-order chi connectivity index (χ1) is 13.6. The highest BCUT2D eigenvalue weighted by Gasteiger charge is 2.25. The smallest absolute Gasteiger partial charge is 0.251 e. The average Bonchev–Trinajstić information content (AvgIpc) is 3.09. The highest BCUT2D eigenvalue weighted by Crippen LogP contribution is 2.25. The highest BCUT2D eigenvalue weighted by atomic mass is 16.5. The monoisotopic (exact) mass is 375 g/mol. The van der Waals surface area contributed by atoms with Gasteiger partial charge in [0.15, 0.2) is 0 Å². The molecule has 0 bridgehead atoms. The van der Waals surface area contributed by atoms with Gasteiger partial charge in [-0.1, -0.05) is 47.5 Å². The third-order valence-corrected chi connectivity index (χ3v) is 4.98. The predicted octanol–water partition coefficient (Wildman–Crippen LogP) is 3.59. The Balaban J connectivity index is 1.45. The number of hydrogen-bond donors (Lipinski definition) is 1. The van der Waals surface area contributed by atoms with Gasteiger partial charge in [-0.3, -0.25) is 9.48 Å². The van der Waals surface area contributed by atoms with Crippen LogP contribution < -0.4 is 5.32 Å². The normalized spacial score (nSPS) is 15.9. The van der Waals surface area contributed by atoms with E-state index >= 15 is 0 Å². The molecule has 2 heterocycles. The van der Waals surface area contributed by atoms with E-state index in [0.717, 1.165) is 29.8 Å². The van der Waals surface area contributed by atoms with Crippen molar-refractivity contribution in [2.75, 3.05) is 13.2 Å². The molecule has 0 unspecified atom stereocenters. The molecule has 4 rings (SSSR count). The fourth-order valence-corrected chi connectivity index (χ4v) is 3.73. The van der Waals surface area contributed by atoms with E-state index in [9.17, 15) is 4.79 Å². The van der Waals surface area contributed by atoms with Gasteiger partial charge in [0.2, 0.25) is 0 Å². The summed E-state index contributed by atoms with van der Waals surface area (Å²) < 4.78 is 7.88. The van der Waals surface area contributed by atoms with Gasteiger partial charge in [-0.2, -0.15) is 5.10 Å². The lowest BCUT2D eigenvalue weighted by atomic mass is 10.1. The first-order valence-corrected chi connectivity index (χ1v) is 9.67. The zero-order chi connectivity index (χ0) is 19.5. The van der Waals surface area contributed by atoms with E-state index in [0.29, 0.717) is 18.7 Å². The molecule has 1 aliphatic heterocycles. The first-order valence-electron chi connectivity index (χ1n) is 9.67. The minimum absolute atomic E-state index is 0.0776. The SMILES string of the molecule is Cc1cc(C)cc(C(=O)NC[C@H]2OCCc3cn(Cc4ccccc4)nc32)c1. The van der Waals surface area contributed by atoms with Crippen LogP contribution in [0.4, 0.5) is 0 Å². The fraction of sp³-hybridized carbons (Fsp3) is 0.304. The van der Waals surface area contributed by atoms with Gasteiger partial charge in [0, 0.05) is 18.3 Å². The molecule has 0 saturated heterocycles. The Kier molecular flexibility index (Phi) is 5.26. The molecule has 1 aliphatic rings. The molecule has 3 aromatic rings. The van der Waals surface area contributed by atoms with E-state index in [1.807, 2.05) is 48.9 Å². The molecule has 2 aromatic carbocycles. The van der Waals surface area contributed by atoms with Crippen LogP contribution in [0.2, 0.25) is 0 Å². The van der Waals surface area contributed by atoms with Crippen molar-refractivity contribution in [2.24, 2.45) is 0 Å². The van der Waals surface area contributed by atoms with E-state index in [2.05, 4.69) is 29.7 Å². The Labute approximate surface area is 165 Å². The molecule has 5 nitrogen and oxygen atoms in total. The Morgan fingerprint density at radius 1 is 1.18 bits per heavy atom. The quantitative estimate of drug-likeness (QED) is 0.741. The molecule has 0 fully saturated rings. The van der Waals surface area contributed by atoms with Crippen molar-refractivity contribution in [2.45, 2.75) is 32.9 Å². The summed E-state index contributed by atoms with van der Waals surface area (Å²) in [4.78, 5) is 12.6. The molecule has 1 N–H and O–H groups in total. The molecular weight excluding hydrogens is 350 g/mol. The van der Waals surface area contributed by atoms with Crippen LogP contribution in [0.1, 0.15) is 44.4 Å². The van der Waals surface area contributed by atoms with Crippen LogP contribution in [0.15, 0.2) is 54.7 Å². The van der Waals surface area contributed by atoms with Gasteiger partial charge in [0.1, 0.15) is 6.10 Å². The van der Waals surface area contributed by atoms with E-state index in [1.54, 1.807) is 0 Å². The van der Waals surface area contributed by atoms with Crippen molar-refractivity contribution in [3.05, 3.63) is 88.2 Å². The Hall–Kier alpha value is -2.92. The molecule has 5 heteroatoms. The van der Waals surface area contributed by atoms with Crippen molar-refractivity contribution in [3.63, 3.8) is 0 Å². The summed E-state index contributed by atoms with van der Waals surface area (Å²) in [5.74, 6) is -0.0776. The maximum atomic E-state index is 12.6. The number of fused-ring (bicyclic) bond motifs is 1. The summed E-state index contributed by atoms with van der Waals surface area (Å²) >= 11 is 0. The van der Waals surface area contributed by atoms with Gasteiger partial charge in [-0.15, -0.1) is 0 Å². The standard InChI is InChI=1S/C23H25N3O2/c1-16-10-17(2)12-20(11-16)23(27)24-13-21-22-19(8-9-28-21)15-26(25-22)14-18-6-4-3-5-7-18/h3-7,10-12,15,21H,8-9,13-14H2,1-2H3,(H,24,27)/t21-/m1/s1. The first kappa shape index (κ1) is 18.4. The van der Waals surface area contributed by atoms with Crippen molar-refractivity contribution in [1.82, 2.24) is 15.1 Å². The topological polar surface area (TPSA) is 56.1 Å². The number of nitrogens with zero attached hydrogens (tertiary/aromatic N) is 2. The number of carbonyl (C=O) groups is 1. The van der Waals surface area contributed by atoms with Crippen molar-refractivity contribution in [3.8, 4) is 0 Å². The number of aromatic nitrogens is 2. The number of rotatable bonds is 5. The lowest BCUT2D eigenvalue weighted by molar-refractivity contribution is 0.0383. The predicted molar refractivity (Wildman–Crippen MR) is 108 cm³/mol. The summed E-state index contributed by atoms with van der Waals surface area (Å²) in [5, 5.41) is 7.76. The molecule has 1 aromatic heterocycles. The summed E-state index contributed by atoms with van der Waals surface area (Å²) in [6, 6.07) is 16.2. The third-order valence-electron chi connectivity index (χ3n) is 4.98. The summed E-state index contributed by atoms with van der Waals surface area (Å²) in [7, 11) is 0. The number of hydrogen-bond acceptors (Lipinski definition) is 3. The van der Waals surface area contributed by atoms with E-state index in [1.165, 1.54) is 11.1 Å². The highest BCUT2D eigenvalue weighted by molar-refractivity contribution is 5.94. The van der Waals surface area contributed by atoms with Crippen LogP contribution in [-0.2, 0) is 17.7 Å². The molecule has 0 aliphatic carbocycles. The maximum absolute atomic E-state index is 12.6. The maximum Gasteiger partial charge on any atom is 0.251 e. The Bertz CT molecular complexity index is 959. The van der Waals surface area contributed by atoms with Crippen LogP contribution >= 0.6 is 0 Å². The van der Waals surface area contributed by atoms with Crippen LogP contribution in [-0.4, -0.2) is 28.8 Å². The van der Waals surface area contributed by atoms with Gasteiger partial charge in [0.05, 0.1) is 18.8 Å². The average molecular weight is 375 g/mol. The molecule has 144 valence electrons. The van der Waals surface area contributed by atoms with E-state index in [4.69, 9.17) is 9.84 Å². The number of amides is 1. The van der Waals surface area contributed by atoms with Crippen molar-refractivity contribution in [1.29, 1.82) is 0 Å². The van der Waals surface area contributed by atoms with Gasteiger partial charge >= 0.3 is 0 Å². The number of ether oxygens (including phenoxy) is 1. The number of benzene rings is 2. The van der Waals surface area contributed by atoms with Crippen LogP contribution in [0.25, 0.3) is 0 Å². The lowest BCUT2D eigenvalue weighted by Crippen LogP contribution is -2.32. The molecular formula is C23H25N3O2. The second kappa shape index (κ2) is 7.98. The number of nitrogens with one attached hydrogen (secondary N) is 1. The second-order valence-corrected chi connectivity index (χ2v) is 7.42. The minimum Gasteiger partial charge on any atom is -0.370 e. The van der Waals surface area contributed by atoms with Crippen LogP contribution in [0.5, 0.6) is 0 Å². The Morgan fingerprint density at radius 3 is 2.68 bits per heavy atom. The largest absolute Gasteiger partial charge is 0.370 e. The van der Waals surface area contributed by atoms with Gasteiger partial charge in [0.25, 0.3) is 5.91 Å². The fourth-order valence-electron chi connectivity index (χ4n) is 3.73. The van der Waals surface area contributed by atoms with Crippen LogP contribution in [0, 0.1) is 13.8 Å². The van der Waals surface area contributed by atoms with Gasteiger partial charge in [-0.05, 0) is 43.5 Å². The molecule has 0 spiro atoms. The zero-order valence-electron chi connectivity index (χ0n) is 16.3. The van der Waals surface area contributed by atoms with Gasteiger partial charge < -0.3 is 10.1 Å². The molecule has 0 saturated carbocycles. The lowest BCUT2D eigenvalue weighted by Gasteiger charge is -2.22.